The molecule has 1 atom stereocenters. The Morgan fingerprint density at radius 3 is 3.00 bits per heavy atom. The topological polar surface area (TPSA) is 75.0 Å². The van der Waals surface area contributed by atoms with Crippen molar-refractivity contribution in [1.82, 2.24) is 10.2 Å². The zero-order chi connectivity index (χ0) is 13.4. The summed E-state index contributed by atoms with van der Waals surface area (Å²) in [7, 11) is 0. The number of hydrogen-bond donors (Lipinski definition) is 2. The molecule has 3 rings (SSSR count). The third kappa shape index (κ3) is 2.13. The van der Waals surface area contributed by atoms with Gasteiger partial charge in [0.25, 0.3) is 5.91 Å². The molecule has 5 nitrogen and oxygen atoms in total. The van der Waals surface area contributed by atoms with E-state index < -0.39 is 0 Å². The number of aromatic amines is 1. The Morgan fingerprint density at radius 1 is 1.47 bits per heavy atom. The Bertz CT molecular complexity index is 619. The van der Waals surface area contributed by atoms with E-state index in [9.17, 15) is 4.79 Å². The molecule has 1 aromatic heterocycles. The van der Waals surface area contributed by atoms with Crippen molar-refractivity contribution in [1.29, 1.82) is 0 Å². The van der Waals surface area contributed by atoms with Gasteiger partial charge in [0.05, 0.1) is 0 Å². The van der Waals surface area contributed by atoms with Crippen LogP contribution in [0.1, 0.15) is 21.7 Å². The van der Waals surface area contributed by atoms with Gasteiger partial charge >= 0.3 is 0 Å². The van der Waals surface area contributed by atoms with Gasteiger partial charge in [-0.1, -0.05) is 18.2 Å². The highest BCUT2D eigenvalue weighted by Gasteiger charge is 2.28. The summed E-state index contributed by atoms with van der Waals surface area (Å²) in [5.74, 6) is -0.105. The Kier molecular flexibility index (Phi) is 2.83. The van der Waals surface area contributed by atoms with E-state index in [1.165, 1.54) is 0 Å². The van der Waals surface area contributed by atoms with E-state index in [1.54, 1.807) is 11.0 Å². The zero-order valence-electron chi connectivity index (χ0n) is 10.8. The van der Waals surface area contributed by atoms with Gasteiger partial charge in [-0.05, 0) is 31.0 Å². The van der Waals surface area contributed by atoms with E-state index in [4.69, 9.17) is 5.73 Å². The predicted molar refractivity (Wildman–Crippen MR) is 73.1 cm³/mol. The van der Waals surface area contributed by atoms with Crippen molar-refractivity contribution in [3.63, 3.8) is 0 Å². The number of amides is 1. The number of anilines is 1. The summed E-state index contributed by atoms with van der Waals surface area (Å²) in [6.45, 7) is 2.40. The van der Waals surface area contributed by atoms with Crippen molar-refractivity contribution in [2.45, 2.75) is 19.4 Å². The van der Waals surface area contributed by atoms with Crippen molar-refractivity contribution in [2.24, 2.45) is 5.73 Å². The second kappa shape index (κ2) is 4.51. The molecule has 0 aliphatic carbocycles. The van der Waals surface area contributed by atoms with Crippen molar-refractivity contribution in [3.8, 4) is 0 Å². The Hall–Kier alpha value is -2.14. The number of fused-ring (bicyclic) bond motifs is 1. The van der Waals surface area contributed by atoms with Crippen LogP contribution in [0.15, 0.2) is 30.3 Å². The molecule has 1 amide bonds. The largest absolute Gasteiger partial charge is 0.326 e. The quantitative estimate of drug-likeness (QED) is 0.806. The number of rotatable bonds is 1. The van der Waals surface area contributed by atoms with E-state index in [2.05, 4.69) is 10.2 Å². The van der Waals surface area contributed by atoms with E-state index >= 15 is 0 Å². The van der Waals surface area contributed by atoms with Crippen LogP contribution < -0.4 is 10.6 Å². The molecule has 98 valence electrons. The number of carbonyl (C=O) groups excluding carboxylic acids is 1. The predicted octanol–water partition coefficient (Wildman–Crippen LogP) is 1.25. The minimum atomic E-state index is -0.105. The molecule has 1 unspecified atom stereocenters. The van der Waals surface area contributed by atoms with Crippen LogP contribution in [0.3, 0.4) is 0 Å². The van der Waals surface area contributed by atoms with Crippen LogP contribution in [0.25, 0.3) is 0 Å². The van der Waals surface area contributed by atoms with Gasteiger partial charge in [-0.25, -0.2) is 0 Å². The average molecular weight is 256 g/mol. The van der Waals surface area contributed by atoms with E-state index in [1.807, 2.05) is 31.2 Å². The van der Waals surface area contributed by atoms with Gasteiger partial charge in [0.15, 0.2) is 5.69 Å². The minimum absolute atomic E-state index is 0.0288. The molecule has 2 heterocycles. The molecule has 19 heavy (non-hydrogen) atoms. The molecule has 3 N–H and O–H groups in total. The smallest absolute Gasteiger partial charge is 0.278 e. The van der Waals surface area contributed by atoms with Gasteiger partial charge in [-0.15, -0.1) is 0 Å². The number of aryl methyl sites for hydroxylation is 1. The monoisotopic (exact) mass is 256 g/mol. The van der Waals surface area contributed by atoms with Crippen LogP contribution in [-0.2, 0) is 6.42 Å². The summed E-state index contributed by atoms with van der Waals surface area (Å²) < 4.78 is 0. The molecule has 0 bridgehead atoms. The van der Waals surface area contributed by atoms with E-state index in [-0.39, 0.29) is 11.9 Å². The van der Waals surface area contributed by atoms with Crippen molar-refractivity contribution >= 4 is 11.6 Å². The molecular formula is C14H16N4O. The molecule has 0 spiro atoms. The first-order chi connectivity index (χ1) is 9.15. The Balaban J connectivity index is 1.99. The first-order valence-corrected chi connectivity index (χ1v) is 6.32. The fourth-order valence-corrected chi connectivity index (χ4v) is 2.48. The van der Waals surface area contributed by atoms with Gasteiger partial charge < -0.3 is 10.6 Å². The number of aromatic nitrogens is 2. The van der Waals surface area contributed by atoms with Gasteiger partial charge in [-0.2, -0.15) is 5.10 Å². The van der Waals surface area contributed by atoms with Gasteiger partial charge in [0.2, 0.25) is 0 Å². The molecule has 0 radical (unpaired) electrons. The number of hydrogen-bond acceptors (Lipinski definition) is 3. The molecule has 1 aliphatic rings. The number of H-pyrrole nitrogens is 1. The first kappa shape index (κ1) is 11.9. The number of nitrogens with one attached hydrogen (secondary N) is 1. The normalized spacial score (nSPS) is 18.2. The molecule has 2 aromatic rings. The summed E-state index contributed by atoms with van der Waals surface area (Å²) >= 11 is 0. The third-order valence-corrected chi connectivity index (χ3v) is 3.35. The van der Waals surface area contributed by atoms with Crippen LogP contribution in [0.2, 0.25) is 0 Å². The maximum absolute atomic E-state index is 12.5. The second-order valence-electron chi connectivity index (χ2n) is 4.94. The highest BCUT2D eigenvalue weighted by atomic mass is 16.2. The van der Waals surface area contributed by atoms with Crippen LogP contribution in [-0.4, -0.2) is 28.7 Å². The molecule has 0 fully saturated rings. The maximum atomic E-state index is 12.5. The first-order valence-electron chi connectivity index (χ1n) is 6.32. The van der Waals surface area contributed by atoms with Crippen LogP contribution in [0, 0.1) is 6.92 Å². The van der Waals surface area contributed by atoms with Crippen LogP contribution in [0.4, 0.5) is 5.69 Å². The summed E-state index contributed by atoms with van der Waals surface area (Å²) in [5.41, 5.74) is 9.40. The number of para-hydroxylation sites is 1. The highest BCUT2D eigenvalue weighted by molar-refractivity contribution is 6.05. The van der Waals surface area contributed by atoms with E-state index in [0.717, 1.165) is 23.4 Å². The summed E-state index contributed by atoms with van der Waals surface area (Å²) in [6.07, 6.45) is 0.805. The lowest BCUT2D eigenvalue weighted by atomic mass is 9.98. The molecule has 1 aromatic carbocycles. The van der Waals surface area contributed by atoms with Crippen LogP contribution in [0.5, 0.6) is 0 Å². The van der Waals surface area contributed by atoms with Crippen LogP contribution >= 0.6 is 0 Å². The second-order valence-corrected chi connectivity index (χ2v) is 4.94. The summed E-state index contributed by atoms with van der Waals surface area (Å²) in [4.78, 5) is 14.2. The average Bonchev–Trinajstić information content (AvgIpc) is 2.83. The summed E-state index contributed by atoms with van der Waals surface area (Å²) in [6, 6.07) is 9.61. The standard InChI is InChI=1S/C14H16N4O/c1-9-6-12(17-16-9)14(19)18-8-11(15)7-10-4-2-3-5-13(10)18/h2-6,11H,7-8,15H2,1H3,(H,16,17). The molecular weight excluding hydrogens is 240 g/mol. The Morgan fingerprint density at radius 2 is 2.26 bits per heavy atom. The molecule has 5 heteroatoms. The molecule has 1 aliphatic heterocycles. The number of nitrogens with two attached hydrogens (primary N) is 1. The maximum Gasteiger partial charge on any atom is 0.278 e. The van der Waals surface area contributed by atoms with Crippen molar-refractivity contribution < 1.29 is 4.79 Å². The molecule has 0 saturated heterocycles. The lowest BCUT2D eigenvalue weighted by Crippen LogP contribution is -2.46. The third-order valence-electron chi connectivity index (χ3n) is 3.35. The van der Waals surface area contributed by atoms with Gasteiger partial charge in [-0.3, -0.25) is 9.89 Å². The summed E-state index contributed by atoms with van der Waals surface area (Å²) in [5, 5.41) is 6.83. The number of carbonyl (C=O) groups is 1. The molecule has 0 saturated carbocycles. The van der Waals surface area contributed by atoms with Crippen molar-refractivity contribution in [3.05, 3.63) is 47.3 Å². The minimum Gasteiger partial charge on any atom is -0.326 e. The SMILES string of the molecule is Cc1cc(C(=O)N2CC(N)Cc3ccccc32)n[nH]1. The fourth-order valence-electron chi connectivity index (χ4n) is 2.48. The lowest BCUT2D eigenvalue weighted by molar-refractivity contribution is 0.0978. The Labute approximate surface area is 111 Å². The van der Waals surface area contributed by atoms with Crippen molar-refractivity contribution in [2.75, 3.05) is 11.4 Å². The van der Waals surface area contributed by atoms with Gasteiger partial charge in [0.1, 0.15) is 0 Å². The van der Waals surface area contributed by atoms with E-state index in [0.29, 0.717) is 12.2 Å². The number of benzene rings is 1. The fraction of sp³-hybridized carbons (Fsp3) is 0.286. The van der Waals surface area contributed by atoms with Gasteiger partial charge in [0, 0.05) is 24.0 Å². The number of nitrogens with zero attached hydrogens (tertiary/aromatic N) is 2. The zero-order valence-corrected chi connectivity index (χ0v) is 10.8. The highest BCUT2D eigenvalue weighted by Crippen LogP contribution is 2.27. The lowest BCUT2D eigenvalue weighted by Gasteiger charge is -2.32.